The number of allylic oxidation sites excluding steroid dienone is 2. The van der Waals surface area contributed by atoms with Gasteiger partial charge in [-0.2, -0.15) is 0 Å². The molecule has 0 aromatic heterocycles. The molecule has 1 aliphatic carbocycles. The second-order valence-electron chi connectivity index (χ2n) is 8.33. The average Bonchev–Trinajstić information content (AvgIpc) is 2.46. The molecule has 3 atom stereocenters. The Morgan fingerprint density at radius 1 is 1.35 bits per heavy atom. The SMILES string of the molecule is CC1=C(CCC2(C)CCC(C(C)C(=O)O)OO2)C(C)(C)CCC1. The van der Waals surface area contributed by atoms with Gasteiger partial charge in [-0.3, -0.25) is 4.79 Å². The molecule has 4 heteroatoms. The number of hydrogen-bond donors (Lipinski definition) is 1. The van der Waals surface area contributed by atoms with Gasteiger partial charge >= 0.3 is 5.97 Å². The predicted molar refractivity (Wildman–Crippen MR) is 90.0 cm³/mol. The second kappa shape index (κ2) is 6.94. The molecule has 1 fully saturated rings. The maximum absolute atomic E-state index is 11.1. The van der Waals surface area contributed by atoms with Crippen LogP contribution in [0.1, 0.15) is 79.6 Å². The third kappa shape index (κ3) is 4.36. The zero-order valence-corrected chi connectivity index (χ0v) is 15.3. The average molecular weight is 324 g/mol. The summed E-state index contributed by atoms with van der Waals surface area (Å²) >= 11 is 0. The fourth-order valence-corrected chi connectivity index (χ4v) is 3.99. The van der Waals surface area contributed by atoms with Crippen molar-refractivity contribution in [2.75, 3.05) is 0 Å². The number of carboxylic acids is 1. The summed E-state index contributed by atoms with van der Waals surface area (Å²) < 4.78 is 0. The molecule has 0 radical (unpaired) electrons. The van der Waals surface area contributed by atoms with Crippen molar-refractivity contribution < 1.29 is 19.7 Å². The Kier molecular flexibility index (Phi) is 5.57. The molecule has 0 saturated carbocycles. The first-order valence-corrected chi connectivity index (χ1v) is 8.91. The Morgan fingerprint density at radius 3 is 2.57 bits per heavy atom. The lowest BCUT2D eigenvalue weighted by Crippen LogP contribution is -2.41. The highest BCUT2D eigenvalue weighted by Gasteiger charge is 2.39. The molecule has 4 nitrogen and oxygen atoms in total. The highest BCUT2D eigenvalue weighted by molar-refractivity contribution is 5.70. The third-order valence-electron chi connectivity index (χ3n) is 5.87. The molecule has 0 amide bonds. The molecule has 132 valence electrons. The number of hydrogen-bond acceptors (Lipinski definition) is 3. The van der Waals surface area contributed by atoms with E-state index in [1.807, 2.05) is 0 Å². The molecule has 0 spiro atoms. The van der Waals surface area contributed by atoms with E-state index in [4.69, 9.17) is 14.9 Å². The lowest BCUT2D eigenvalue weighted by atomic mass is 9.70. The highest BCUT2D eigenvalue weighted by atomic mass is 17.2. The maximum atomic E-state index is 11.1. The third-order valence-corrected chi connectivity index (χ3v) is 5.87. The monoisotopic (exact) mass is 324 g/mol. The Balaban J connectivity index is 1.93. The first-order chi connectivity index (χ1) is 10.6. The summed E-state index contributed by atoms with van der Waals surface area (Å²) in [7, 11) is 0. The maximum Gasteiger partial charge on any atom is 0.308 e. The van der Waals surface area contributed by atoms with Crippen LogP contribution >= 0.6 is 0 Å². The minimum absolute atomic E-state index is 0.286. The van der Waals surface area contributed by atoms with E-state index in [9.17, 15) is 4.79 Å². The summed E-state index contributed by atoms with van der Waals surface area (Å²) in [6, 6.07) is 0. The summed E-state index contributed by atoms with van der Waals surface area (Å²) in [4.78, 5) is 22.2. The van der Waals surface area contributed by atoms with Crippen LogP contribution < -0.4 is 0 Å². The lowest BCUT2D eigenvalue weighted by molar-refractivity contribution is -0.411. The second-order valence-corrected chi connectivity index (χ2v) is 8.33. The van der Waals surface area contributed by atoms with Crippen LogP contribution in [0.3, 0.4) is 0 Å². The van der Waals surface area contributed by atoms with Crippen molar-refractivity contribution in [3.63, 3.8) is 0 Å². The molecule has 23 heavy (non-hydrogen) atoms. The molecule has 3 unspecified atom stereocenters. The Hall–Kier alpha value is -0.870. The number of aliphatic carboxylic acids is 1. The fraction of sp³-hybridized carbons (Fsp3) is 0.842. The van der Waals surface area contributed by atoms with Crippen LogP contribution in [-0.2, 0) is 14.6 Å². The minimum atomic E-state index is -0.827. The Bertz CT molecular complexity index is 470. The zero-order valence-electron chi connectivity index (χ0n) is 15.3. The van der Waals surface area contributed by atoms with E-state index in [2.05, 4.69) is 27.7 Å². The fourth-order valence-electron chi connectivity index (χ4n) is 3.99. The molecular formula is C19H32O4. The van der Waals surface area contributed by atoms with Gasteiger partial charge in [0.25, 0.3) is 0 Å². The first kappa shape index (κ1) is 18.5. The van der Waals surface area contributed by atoms with Crippen LogP contribution in [0.5, 0.6) is 0 Å². The van der Waals surface area contributed by atoms with E-state index in [0.29, 0.717) is 0 Å². The standard InChI is InChI=1S/C19H32O4/c1-13-7-6-10-18(3,4)15(13)8-11-19(5)12-9-16(22-23-19)14(2)17(20)21/h14,16H,6-12H2,1-5H3,(H,20,21). The zero-order chi connectivity index (χ0) is 17.3. The summed E-state index contributed by atoms with van der Waals surface area (Å²) in [5.74, 6) is -1.35. The van der Waals surface area contributed by atoms with Crippen LogP contribution in [0.4, 0.5) is 0 Å². The molecule has 1 saturated heterocycles. The van der Waals surface area contributed by atoms with Crippen molar-refractivity contribution in [2.24, 2.45) is 11.3 Å². The Morgan fingerprint density at radius 2 is 2.04 bits per heavy atom. The molecule has 1 N–H and O–H groups in total. The smallest absolute Gasteiger partial charge is 0.308 e. The quantitative estimate of drug-likeness (QED) is 0.578. The van der Waals surface area contributed by atoms with Gasteiger partial charge in [0.2, 0.25) is 0 Å². The van der Waals surface area contributed by atoms with Crippen LogP contribution in [0, 0.1) is 11.3 Å². The topological polar surface area (TPSA) is 55.8 Å². The normalized spacial score (nSPS) is 32.7. The molecule has 0 aromatic rings. The molecule has 2 rings (SSSR count). The minimum Gasteiger partial charge on any atom is -0.481 e. The number of carbonyl (C=O) groups is 1. The van der Waals surface area contributed by atoms with Crippen LogP contribution in [-0.4, -0.2) is 22.8 Å². The molecule has 1 heterocycles. The van der Waals surface area contributed by atoms with Crippen molar-refractivity contribution in [3.8, 4) is 0 Å². The van der Waals surface area contributed by atoms with E-state index in [1.54, 1.807) is 18.1 Å². The van der Waals surface area contributed by atoms with Gasteiger partial charge in [0.1, 0.15) is 11.7 Å². The van der Waals surface area contributed by atoms with E-state index in [1.165, 1.54) is 19.3 Å². The molecule has 1 aliphatic heterocycles. The molecule has 0 aromatic carbocycles. The van der Waals surface area contributed by atoms with Gasteiger partial charge in [0.05, 0.1) is 5.92 Å². The van der Waals surface area contributed by atoms with Crippen molar-refractivity contribution in [2.45, 2.75) is 91.3 Å². The van der Waals surface area contributed by atoms with Gasteiger partial charge < -0.3 is 5.11 Å². The van der Waals surface area contributed by atoms with Gasteiger partial charge in [-0.1, -0.05) is 25.0 Å². The van der Waals surface area contributed by atoms with Gasteiger partial charge in [-0.15, -0.1) is 0 Å². The van der Waals surface area contributed by atoms with Crippen molar-refractivity contribution in [1.82, 2.24) is 0 Å². The highest BCUT2D eigenvalue weighted by Crippen LogP contribution is 2.44. The van der Waals surface area contributed by atoms with E-state index in [0.717, 1.165) is 25.7 Å². The molecule has 2 aliphatic rings. The predicted octanol–water partition coefficient (Wildman–Crippen LogP) is 4.88. The van der Waals surface area contributed by atoms with E-state index >= 15 is 0 Å². The summed E-state index contributed by atoms with van der Waals surface area (Å²) in [6.07, 6.45) is 6.97. The van der Waals surface area contributed by atoms with Crippen LogP contribution in [0.15, 0.2) is 11.1 Å². The Labute approximate surface area is 140 Å². The van der Waals surface area contributed by atoms with Gasteiger partial charge in [-0.25, -0.2) is 9.78 Å². The number of carboxylic acid groups (broad SMARTS) is 1. The van der Waals surface area contributed by atoms with Crippen molar-refractivity contribution in [1.29, 1.82) is 0 Å². The molecule has 0 bridgehead atoms. The van der Waals surface area contributed by atoms with Gasteiger partial charge in [-0.05, 0) is 71.1 Å². The van der Waals surface area contributed by atoms with Crippen LogP contribution in [0.2, 0.25) is 0 Å². The van der Waals surface area contributed by atoms with Crippen molar-refractivity contribution in [3.05, 3.63) is 11.1 Å². The van der Waals surface area contributed by atoms with Gasteiger partial charge in [0.15, 0.2) is 0 Å². The molecular weight excluding hydrogens is 292 g/mol. The van der Waals surface area contributed by atoms with Gasteiger partial charge in [0, 0.05) is 0 Å². The number of rotatable bonds is 5. The van der Waals surface area contributed by atoms with Crippen molar-refractivity contribution >= 4 is 5.97 Å². The van der Waals surface area contributed by atoms with E-state index in [-0.39, 0.29) is 17.1 Å². The largest absolute Gasteiger partial charge is 0.481 e. The summed E-state index contributed by atoms with van der Waals surface area (Å²) in [5, 5.41) is 9.08. The first-order valence-electron chi connectivity index (χ1n) is 8.91. The summed E-state index contributed by atoms with van der Waals surface area (Å²) in [6.45, 7) is 10.7. The summed E-state index contributed by atoms with van der Waals surface area (Å²) in [5.41, 5.74) is 3.10. The van der Waals surface area contributed by atoms with Crippen LogP contribution in [0.25, 0.3) is 0 Å². The lowest BCUT2D eigenvalue weighted by Gasteiger charge is -2.40. The van der Waals surface area contributed by atoms with E-state index < -0.39 is 11.9 Å².